The third-order valence-electron chi connectivity index (χ3n) is 3.93. The lowest BCUT2D eigenvalue weighted by Crippen LogP contribution is -2.42. The number of likely N-dealkylation sites (tertiary alicyclic amines) is 1. The highest BCUT2D eigenvalue weighted by molar-refractivity contribution is 5.99. The molecule has 0 spiro atoms. The van der Waals surface area contributed by atoms with Crippen LogP contribution in [-0.4, -0.2) is 23.9 Å². The highest BCUT2D eigenvalue weighted by Crippen LogP contribution is 2.25. The second-order valence-corrected chi connectivity index (χ2v) is 5.34. The lowest BCUT2D eigenvalue weighted by atomic mass is 9.88. The van der Waals surface area contributed by atoms with E-state index in [2.05, 4.69) is 13.8 Å². The van der Waals surface area contributed by atoms with E-state index in [0.717, 1.165) is 19.5 Å². The lowest BCUT2D eigenvalue weighted by molar-refractivity contribution is 0.0628. The van der Waals surface area contributed by atoms with Gasteiger partial charge in [0.25, 0.3) is 5.91 Å². The third kappa shape index (κ3) is 2.42. The molecular formula is C14H21N3O. The zero-order chi connectivity index (χ0) is 13.3. The van der Waals surface area contributed by atoms with Gasteiger partial charge in [0.15, 0.2) is 0 Å². The van der Waals surface area contributed by atoms with Gasteiger partial charge in [0.2, 0.25) is 0 Å². The molecule has 4 heteroatoms. The van der Waals surface area contributed by atoms with Crippen molar-refractivity contribution in [3.8, 4) is 0 Å². The van der Waals surface area contributed by atoms with Crippen LogP contribution in [0, 0.1) is 11.8 Å². The average molecular weight is 247 g/mol. The largest absolute Gasteiger partial charge is 0.399 e. The minimum atomic E-state index is 0.0197. The molecule has 4 N–H and O–H groups in total. The van der Waals surface area contributed by atoms with Crippen molar-refractivity contribution in [2.45, 2.75) is 20.3 Å². The van der Waals surface area contributed by atoms with Crippen molar-refractivity contribution >= 4 is 17.3 Å². The summed E-state index contributed by atoms with van der Waals surface area (Å²) in [6, 6.07) is 5.08. The van der Waals surface area contributed by atoms with Crippen molar-refractivity contribution in [1.82, 2.24) is 4.90 Å². The Labute approximate surface area is 108 Å². The Morgan fingerprint density at radius 1 is 1.28 bits per heavy atom. The van der Waals surface area contributed by atoms with Crippen molar-refractivity contribution < 1.29 is 4.79 Å². The van der Waals surface area contributed by atoms with E-state index >= 15 is 0 Å². The molecule has 1 heterocycles. The Balaban J connectivity index is 2.16. The number of nitrogens with two attached hydrogens (primary N) is 2. The molecule has 98 valence electrons. The molecule has 2 atom stereocenters. The van der Waals surface area contributed by atoms with Crippen LogP contribution < -0.4 is 11.5 Å². The molecule has 0 saturated carbocycles. The molecule has 0 bridgehead atoms. The lowest BCUT2D eigenvalue weighted by Gasteiger charge is -2.35. The van der Waals surface area contributed by atoms with Gasteiger partial charge in [-0.25, -0.2) is 0 Å². The SMILES string of the molecule is CC1CCN(C(=O)c2ccc(N)cc2N)CC1C. The van der Waals surface area contributed by atoms with E-state index in [1.165, 1.54) is 0 Å². The Kier molecular flexibility index (Phi) is 3.45. The molecule has 1 aromatic carbocycles. The molecule has 1 aliphatic heterocycles. The minimum Gasteiger partial charge on any atom is -0.399 e. The molecule has 1 saturated heterocycles. The summed E-state index contributed by atoms with van der Waals surface area (Å²) in [5, 5.41) is 0. The zero-order valence-corrected chi connectivity index (χ0v) is 11.0. The average Bonchev–Trinajstić information content (AvgIpc) is 2.32. The number of nitrogen functional groups attached to an aromatic ring is 2. The normalized spacial score (nSPS) is 24.0. The molecule has 1 amide bonds. The van der Waals surface area contributed by atoms with Gasteiger partial charge < -0.3 is 16.4 Å². The van der Waals surface area contributed by atoms with Crippen LogP contribution >= 0.6 is 0 Å². The number of carbonyl (C=O) groups excluding carboxylic acids is 1. The highest BCUT2D eigenvalue weighted by atomic mass is 16.2. The van der Waals surface area contributed by atoms with Crippen LogP contribution in [0.5, 0.6) is 0 Å². The summed E-state index contributed by atoms with van der Waals surface area (Å²) >= 11 is 0. The van der Waals surface area contributed by atoms with Gasteiger partial charge in [0.1, 0.15) is 0 Å². The number of benzene rings is 1. The van der Waals surface area contributed by atoms with Gasteiger partial charge in [0.05, 0.1) is 5.56 Å². The van der Waals surface area contributed by atoms with Crippen molar-refractivity contribution in [3.63, 3.8) is 0 Å². The van der Waals surface area contributed by atoms with E-state index in [1.54, 1.807) is 18.2 Å². The van der Waals surface area contributed by atoms with Crippen molar-refractivity contribution in [1.29, 1.82) is 0 Å². The zero-order valence-electron chi connectivity index (χ0n) is 11.0. The summed E-state index contributed by atoms with van der Waals surface area (Å²) in [6.07, 6.45) is 1.06. The molecule has 1 aliphatic rings. The first-order valence-corrected chi connectivity index (χ1v) is 6.43. The van der Waals surface area contributed by atoms with E-state index in [0.29, 0.717) is 28.8 Å². The molecule has 18 heavy (non-hydrogen) atoms. The van der Waals surface area contributed by atoms with Gasteiger partial charge in [-0.05, 0) is 36.5 Å². The van der Waals surface area contributed by atoms with Crippen LogP contribution in [0.1, 0.15) is 30.6 Å². The smallest absolute Gasteiger partial charge is 0.255 e. The predicted octanol–water partition coefficient (Wildman–Crippen LogP) is 1.97. The van der Waals surface area contributed by atoms with E-state index < -0.39 is 0 Å². The summed E-state index contributed by atoms with van der Waals surface area (Å²) < 4.78 is 0. The van der Waals surface area contributed by atoms with Crippen LogP contribution in [0.15, 0.2) is 18.2 Å². The number of anilines is 2. The standard InChI is InChI=1S/C14H21N3O/c1-9-5-6-17(8-10(9)2)14(18)12-4-3-11(15)7-13(12)16/h3-4,7,9-10H,5-6,8,15-16H2,1-2H3. The van der Waals surface area contributed by atoms with Gasteiger partial charge in [-0.3, -0.25) is 4.79 Å². The van der Waals surface area contributed by atoms with Crippen LogP contribution in [0.2, 0.25) is 0 Å². The maximum absolute atomic E-state index is 12.4. The molecule has 1 fully saturated rings. The fraction of sp³-hybridized carbons (Fsp3) is 0.500. The Morgan fingerprint density at radius 3 is 2.61 bits per heavy atom. The summed E-state index contributed by atoms with van der Waals surface area (Å²) in [5.74, 6) is 1.24. The fourth-order valence-corrected chi connectivity index (χ4v) is 2.39. The van der Waals surface area contributed by atoms with E-state index in [-0.39, 0.29) is 5.91 Å². The molecule has 0 aromatic heterocycles. The number of hydrogen-bond donors (Lipinski definition) is 2. The van der Waals surface area contributed by atoms with Gasteiger partial charge >= 0.3 is 0 Å². The number of amides is 1. The van der Waals surface area contributed by atoms with Crippen molar-refractivity contribution in [2.24, 2.45) is 11.8 Å². The van der Waals surface area contributed by atoms with Crippen LogP contribution in [0.4, 0.5) is 11.4 Å². The molecule has 2 rings (SSSR count). The first-order chi connectivity index (χ1) is 8.49. The predicted molar refractivity (Wildman–Crippen MR) is 74.1 cm³/mol. The molecular weight excluding hydrogens is 226 g/mol. The van der Waals surface area contributed by atoms with Gasteiger partial charge in [0, 0.05) is 24.5 Å². The minimum absolute atomic E-state index is 0.0197. The molecule has 1 aromatic rings. The van der Waals surface area contributed by atoms with Gasteiger partial charge in [-0.2, -0.15) is 0 Å². The first-order valence-electron chi connectivity index (χ1n) is 6.43. The molecule has 0 radical (unpaired) electrons. The topological polar surface area (TPSA) is 72.3 Å². The van der Waals surface area contributed by atoms with E-state index in [4.69, 9.17) is 11.5 Å². The third-order valence-corrected chi connectivity index (χ3v) is 3.93. The van der Waals surface area contributed by atoms with Gasteiger partial charge in [-0.15, -0.1) is 0 Å². The first kappa shape index (κ1) is 12.7. The van der Waals surface area contributed by atoms with E-state index in [1.807, 2.05) is 4.90 Å². The number of piperidine rings is 1. The summed E-state index contributed by atoms with van der Waals surface area (Å²) in [6.45, 7) is 6.05. The quantitative estimate of drug-likeness (QED) is 0.745. The van der Waals surface area contributed by atoms with Crippen molar-refractivity contribution in [2.75, 3.05) is 24.6 Å². The Bertz CT molecular complexity index is 458. The van der Waals surface area contributed by atoms with Crippen LogP contribution in [-0.2, 0) is 0 Å². The maximum atomic E-state index is 12.4. The molecule has 2 unspecified atom stereocenters. The monoisotopic (exact) mass is 247 g/mol. The van der Waals surface area contributed by atoms with E-state index in [9.17, 15) is 4.79 Å². The number of carbonyl (C=O) groups is 1. The fourth-order valence-electron chi connectivity index (χ4n) is 2.39. The highest BCUT2D eigenvalue weighted by Gasteiger charge is 2.27. The Morgan fingerprint density at radius 2 is 2.00 bits per heavy atom. The number of hydrogen-bond acceptors (Lipinski definition) is 3. The van der Waals surface area contributed by atoms with Crippen molar-refractivity contribution in [3.05, 3.63) is 23.8 Å². The maximum Gasteiger partial charge on any atom is 0.255 e. The Hall–Kier alpha value is -1.71. The second kappa shape index (κ2) is 4.88. The summed E-state index contributed by atoms with van der Waals surface area (Å²) in [5.41, 5.74) is 13.1. The second-order valence-electron chi connectivity index (χ2n) is 5.34. The van der Waals surface area contributed by atoms with Crippen LogP contribution in [0.3, 0.4) is 0 Å². The van der Waals surface area contributed by atoms with Gasteiger partial charge in [-0.1, -0.05) is 13.8 Å². The van der Waals surface area contributed by atoms with Crippen LogP contribution in [0.25, 0.3) is 0 Å². The molecule has 4 nitrogen and oxygen atoms in total. The number of rotatable bonds is 1. The summed E-state index contributed by atoms with van der Waals surface area (Å²) in [7, 11) is 0. The number of nitrogens with zero attached hydrogens (tertiary/aromatic N) is 1. The molecule has 0 aliphatic carbocycles. The summed E-state index contributed by atoms with van der Waals surface area (Å²) in [4.78, 5) is 14.3.